The van der Waals surface area contributed by atoms with Gasteiger partial charge in [0, 0.05) is 44.1 Å². The summed E-state index contributed by atoms with van der Waals surface area (Å²) in [4.78, 5) is 11.3. The number of ether oxygens (including phenoxy) is 2. The number of amidine groups is 1. The van der Waals surface area contributed by atoms with Crippen molar-refractivity contribution in [2.45, 2.75) is 6.54 Å². The Kier molecular flexibility index (Phi) is 4.87. The van der Waals surface area contributed by atoms with Crippen LogP contribution >= 0.6 is 0 Å². The molecule has 0 bridgehead atoms. The summed E-state index contributed by atoms with van der Waals surface area (Å²) in [6.07, 6.45) is 1.81. The molecule has 0 saturated carbocycles. The van der Waals surface area contributed by atoms with Gasteiger partial charge in [-0.1, -0.05) is 0 Å². The number of aromatic nitrogens is 3. The first kappa shape index (κ1) is 18.1. The van der Waals surface area contributed by atoms with Crippen LogP contribution in [0.5, 0.6) is 5.88 Å². The average Bonchev–Trinajstić information content (AvgIpc) is 3.30. The van der Waals surface area contributed by atoms with Gasteiger partial charge in [-0.15, -0.1) is 5.10 Å². The van der Waals surface area contributed by atoms with Crippen LogP contribution in [0.4, 0.5) is 5.69 Å². The lowest BCUT2D eigenvalue weighted by Gasteiger charge is -2.26. The highest BCUT2D eigenvalue weighted by atomic mass is 16.5. The highest BCUT2D eigenvalue weighted by Crippen LogP contribution is 2.28. The zero-order chi connectivity index (χ0) is 19.6. The van der Waals surface area contributed by atoms with Crippen molar-refractivity contribution in [3.8, 4) is 5.88 Å². The Morgan fingerprint density at radius 2 is 2.10 bits per heavy atom. The van der Waals surface area contributed by atoms with Gasteiger partial charge in [-0.2, -0.15) is 0 Å². The molecule has 0 atom stereocenters. The molecule has 0 radical (unpaired) electrons. The Morgan fingerprint density at radius 3 is 3.00 bits per heavy atom. The minimum Gasteiger partial charge on any atom is -0.475 e. The topological polar surface area (TPSA) is 76.8 Å². The molecule has 29 heavy (non-hydrogen) atoms. The Labute approximate surface area is 169 Å². The summed E-state index contributed by atoms with van der Waals surface area (Å²) in [5, 5.41) is 9.00. The molecule has 0 spiro atoms. The molecule has 0 amide bonds. The molecule has 150 valence electrons. The van der Waals surface area contributed by atoms with Crippen LogP contribution in [0.3, 0.4) is 0 Å². The van der Waals surface area contributed by atoms with E-state index in [4.69, 9.17) is 9.47 Å². The van der Waals surface area contributed by atoms with E-state index in [9.17, 15) is 0 Å². The molecule has 8 nitrogen and oxygen atoms in total. The first-order valence-corrected chi connectivity index (χ1v) is 9.93. The third-order valence-electron chi connectivity index (χ3n) is 5.36. The number of morpholine rings is 1. The van der Waals surface area contributed by atoms with Crippen LogP contribution < -0.4 is 10.1 Å². The number of anilines is 1. The molecule has 2 aromatic heterocycles. The van der Waals surface area contributed by atoms with Gasteiger partial charge in [-0.05, 0) is 30.3 Å². The fourth-order valence-electron chi connectivity index (χ4n) is 3.77. The monoisotopic (exact) mass is 392 g/mol. The molecule has 0 aliphatic carbocycles. The van der Waals surface area contributed by atoms with Gasteiger partial charge in [0.05, 0.1) is 36.4 Å². The lowest BCUT2D eigenvalue weighted by molar-refractivity contribution is 0.0320. The smallest absolute Gasteiger partial charge is 0.240 e. The maximum Gasteiger partial charge on any atom is 0.240 e. The second-order valence-corrected chi connectivity index (χ2v) is 7.25. The molecule has 2 aliphatic rings. The lowest BCUT2D eigenvalue weighted by atomic mass is 10.2. The second-order valence-electron chi connectivity index (χ2n) is 7.25. The van der Waals surface area contributed by atoms with Crippen molar-refractivity contribution in [1.29, 1.82) is 0 Å². The van der Waals surface area contributed by atoms with Crippen LogP contribution in [0, 0.1) is 0 Å². The Balaban J connectivity index is 1.29. The van der Waals surface area contributed by atoms with Crippen LogP contribution in [0.15, 0.2) is 41.5 Å². The van der Waals surface area contributed by atoms with E-state index in [0.717, 1.165) is 66.5 Å². The van der Waals surface area contributed by atoms with E-state index < -0.39 is 0 Å². The number of nitrogens with one attached hydrogen (secondary N) is 1. The minimum absolute atomic E-state index is 0.618. The molecule has 5 rings (SSSR count). The van der Waals surface area contributed by atoms with Gasteiger partial charge in [0.25, 0.3) is 0 Å². The van der Waals surface area contributed by atoms with E-state index >= 15 is 0 Å². The van der Waals surface area contributed by atoms with E-state index in [2.05, 4.69) is 37.4 Å². The van der Waals surface area contributed by atoms with Gasteiger partial charge in [-0.25, -0.2) is 0 Å². The molecular weight excluding hydrogens is 368 g/mol. The van der Waals surface area contributed by atoms with Gasteiger partial charge < -0.3 is 14.8 Å². The highest BCUT2D eigenvalue weighted by molar-refractivity contribution is 6.10. The van der Waals surface area contributed by atoms with Crippen LogP contribution in [0.1, 0.15) is 11.3 Å². The third kappa shape index (κ3) is 3.68. The Bertz CT molecular complexity index is 1050. The van der Waals surface area contributed by atoms with Crippen LogP contribution in [-0.2, 0) is 18.3 Å². The second kappa shape index (κ2) is 7.81. The molecule has 8 heteroatoms. The summed E-state index contributed by atoms with van der Waals surface area (Å²) in [5.41, 5.74) is 4.05. The maximum atomic E-state index is 6.00. The number of pyridine rings is 1. The number of fused-ring (bicyclic) bond motifs is 2. The van der Waals surface area contributed by atoms with Gasteiger partial charge >= 0.3 is 0 Å². The molecule has 1 N–H and O–H groups in total. The average molecular weight is 392 g/mol. The van der Waals surface area contributed by atoms with Gasteiger partial charge in [0.1, 0.15) is 12.4 Å². The van der Waals surface area contributed by atoms with Crippen LogP contribution in [-0.4, -0.2) is 65.0 Å². The maximum absolute atomic E-state index is 6.00. The zero-order valence-corrected chi connectivity index (χ0v) is 16.5. The number of hydrogen-bond acceptors (Lipinski definition) is 7. The summed E-state index contributed by atoms with van der Waals surface area (Å²) in [6.45, 7) is 5.64. The molecule has 1 aromatic carbocycles. The van der Waals surface area contributed by atoms with Gasteiger partial charge in [0.2, 0.25) is 5.88 Å². The number of rotatable bonds is 5. The predicted octanol–water partition coefficient (Wildman–Crippen LogP) is 2.05. The number of aryl methyl sites for hydroxylation is 1. The molecular formula is C21H24N6O2. The fraction of sp³-hybridized carbons (Fsp3) is 0.381. The molecule has 4 heterocycles. The predicted molar refractivity (Wildman–Crippen MR) is 112 cm³/mol. The molecule has 1 saturated heterocycles. The number of benzene rings is 1. The summed E-state index contributed by atoms with van der Waals surface area (Å²) in [7, 11) is 1.94. The summed E-state index contributed by atoms with van der Waals surface area (Å²) >= 11 is 0. The molecule has 2 aliphatic heterocycles. The normalized spacial score (nSPS) is 16.7. The van der Waals surface area contributed by atoms with E-state index in [0.29, 0.717) is 19.0 Å². The van der Waals surface area contributed by atoms with Gasteiger partial charge in [-0.3, -0.25) is 19.6 Å². The van der Waals surface area contributed by atoms with Crippen LogP contribution in [0.2, 0.25) is 0 Å². The summed E-state index contributed by atoms with van der Waals surface area (Å²) in [5.74, 6) is 1.53. The Hall–Kier alpha value is -2.97. The quantitative estimate of drug-likeness (QED) is 0.716. The minimum atomic E-state index is 0.618. The molecule has 3 aromatic rings. The highest BCUT2D eigenvalue weighted by Gasteiger charge is 2.18. The van der Waals surface area contributed by atoms with Crippen molar-refractivity contribution >= 4 is 22.4 Å². The van der Waals surface area contributed by atoms with E-state index in [1.165, 1.54) is 0 Å². The largest absolute Gasteiger partial charge is 0.475 e. The van der Waals surface area contributed by atoms with Gasteiger partial charge in [0.15, 0.2) is 0 Å². The number of hydrogen-bond donors (Lipinski definition) is 1. The summed E-state index contributed by atoms with van der Waals surface area (Å²) in [6, 6.07) is 10.1. The fourth-order valence-corrected chi connectivity index (χ4v) is 3.77. The van der Waals surface area contributed by atoms with Crippen molar-refractivity contribution in [2.75, 3.05) is 44.8 Å². The van der Waals surface area contributed by atoms with Crippen LogP contribution in [0.25, 0.3) is 10.9 Å². The van der Waals surface area contributed by atoms with E-state index in [1.807, 2.05) is 29.9 Å². The molecule has 0 unspecified atom stereocenters. The van der Waals surface area contributed by atoms with Crippen molar-refractivity contribution in [3.63, 3.8) is 0 Å². The SMILES string of the molecule is Cn1nc(OCCN2CCOCC2)c2ccc(NC3=NCc4ncccc43)cc21. The van der Waals surface area contributed by atoms with E-state index in [-0.39, 0.29) is 0 Å². The van der Waals surface area contributed by atoms with Crippen molar-refractivity contribution < 1.29 is 9.47 Å². The Morgan fingerprint density at radius 1 is 1.21 bits per heavy atom. The number of nitrogens with zero attached hydrogens (tertiary/aromatic N) is 5. The summed E-state index contributed by atoms with van der Waals surface area (Å²) < 4.78 is 13.2. The van der Waals surface area contributed by atoms with Crippen molar-refractivity contribution in [1.82, 2.24) is 19.7 Å². The first-order chi connectivity index (χ1) is 14.3. The van der Waals surface area contributed by atoms with Crippen molar-refractivity contribution in [2.24, 2.45) is 12.0 Å². The lowest BCUT2D eigenvalue weighted by Crippen LogP contribution is -2.38. The third-order valence-corrected chi connectivity index (χ3v) is 5.36. The van der Waals surface area contributed by atoms with E-state index in [1.54, 1.807) is 6.20 Å². The molecule has 1 fully saturated rings. The van der Waals surface area contributed by atoms with Crippen molar-refractivity contribution in [3.05, 3.63) is 47.8 Å². The first-order valence-electron chi connectivity index (χ1n) is 9.93. The standard InChI is InChI=1S/C21H24N6O2/c1-26-19-13-15(24-20-16-3-2-6-22-18(16)14-23-20)4-5-17(19)21(25-26)29-12-9-27-7-10-28-11-8-27/h2-6,13H,7-12,14H2,1H3,(H,23,24). The zero-order valence-electron chi connectivity index (χ0n) is 16.5. The number of aliphatic imine (C=N–C) groups is 1.